The molecule has 0 aliphatic carbocycles. The zero-order valence-corrected chi connectivity index (χ0v) is 12.3. The topological polar surface area (TPSA) is 126 Å². The van der Waals surface area contributed by atoms with Crippen LogP contribution in [-0.4, -0.2) is 62.8 Å². The summed E-state index contributed by atoms with van der Waals surface area (Å²) in [5, 5.41) is 50.7. The van der Waals surface area contributed by atoms with Crippen molar-refractivity contribution in [2.45, 2.75) is 24.4 Å². The predicted octanol–water partition coefficient (Wildman–Crippen LogP) is -0.173. The molecule has 0 heterocycles. The van der Waals surface area contributed by atoms with Gasteiger partial charge in [0.1, 0.15) is 24.4 Å². The van der Waals surface area contributed by atoms with Gasteiger partial charge >= 0.3 is 0 Å². The largest absolute Gasteiger partial charge is 0.394 e. The van der Waals surface area contributed by atoms with E-state index in [0.29, 0.717) is 15.7 Å². The number of anilines is 1. The molecule has 6 N–H and O–H groups in total. The minimum absolute atomic E-state index is 0.318. The van der Waals surface area contributed by atoms with Crippen molar-refractivity contribution in [3.8, 4) is 0 Å². The fraction of sp³-hybridized carbons (Fsp3) is 0.417. The Labute approximate surface area is 131 Å². The van der Waals surface area contributed by atoms with Crippen LogP contribution in [0.4, 0.5) is 5.69 Å². The molecule has 0 unspecified atom stereocenters. The monoisotopic (exact) mass is 338 g/mol. The fourth-order valence-electron chi connectivity index (χ4n) is 1.38. The van der Waals surface area contributed by atoms with Crippen LogP contribution < -0.4 is 5.43 Å². The third-order valence-corrected chi connectivity index (χ3v) is 3.36. The van der Waals surface area contributed by atoms with Crippen LogP contribution in [0.5, 0.6) is 0 Å². The van der Waals surface area contributed by atoms with Gasteiger partial charge in [0.2, 0.25) is 0 Å². The van der Waals surface area contributed by atoms with Crippen molar-refractivity contribution in [3.05, 3.63) is 28.2 Å². The highest BCUT2D eigenvalue weighted by Crippen LogP contribution is 2.24. The van der Waals surface area contributed by atoms with Gasteiger partial charge in [0.15, 0.2) is 0 Å². The highest BCUT2D eigenvalue weighted by atomic mass is 35.5. The van der Waals surface area contributed by atoms with E-state index in [2.05, 4.69) is 10.5 Å². The van der Waals surface area contributed by atoms with E-state index in [-0.39, 0.29) is 0 Å². The summed E-state index contributed by atoms with van der Waals surface area (Å²) in [7, 11) is 0. The Morgan fingerprint density at radius 2 is 1.76 bits per heavy atom. The summed E-state index contributed by atoms with van der Waals surface area (Å²) in [5.41, 5.74) is 3.04. The first kappa shape index (κ1) is 18.1. The zero-order chi connectivity index (χ0) is 16.0. The third kappa shape index (κ3) is 5.40. The number of hydrazone groups is 1. The molecule has 0 radical (unpaired) electrons. The minimum Gasteiger partial charge on any atom is -0.394 e. The summed E-state index contributed by atoms with van der Waals surface area (Å²) in [6.45, 7) is -0.746. The molecule has 0 aliphatic rings. The zero-order valence-electron chi connectivity index (χ0n) is 10.8. The van der Waals surface area contributed by atoms with E-state index in [1.54, 1.807) is 12.1 Å². The van der Waals surface area contributed by atoms with Gasteiger partial charge in [-0.15, -0.1) is 0 Å². The first-order valence-corrected chi connectivity index (χ1v) is 6.69. The lowest BCUT2D eigenvalue weighted by Gasteiger charge is -2.23. The van der Waals surface area contributed by atoms with Gasteiger partial charge in [0.05, 0.1) is 28.6 Å². The van der Waals surface area contributed by atoms with Crippen molar-refractivity contribution in [3.63, 3.8) is 0 Å². The minimum atomic E-state index is -1.71. The van der Waals surface area contributed by atoms with Crippen LogP contribution in [0.3, 0.4) is 0 Å². The third-order valence-electron chi connectivity index (χ3n) is 2.62. The van der Waals surface area contributed by atoms with Crippen LogP contribution in [0.25, 0.3) is 0 Å². The summed E-state index contributed by atoms with van der Waals surface area (Å²) in [5.74, 6) is 0. The first-order valence-electron chi connectivity index (χ1n) is 5.94. The van der Waals surface area contributed by atoms with Gasteiger partial charge < -0.3 is 25.5 Å². The van der Waals surface area contributed by atoms with Crippen LogP contribution in [-0.2, 0) is 0 Å². The number of benzene rings is 1. The van der Waals surface area contributed by atoms with Gasteiger partial charge in [-0.3, -0.25) is 5.43 Å². The standard InChI is InChI=1S/C12H16Cl2N2O5/c13-7-2-1-6(3-8(7)14)16-15-4-9(18)11(20)12(21)10(19)5-17/h1-4,9-12,16-21H,5H2/b15-4+/t9-,10-,11-,12-/m1/s1. The van der Waals surface area contributed by atoms with Crippen LogP contribution in [0, 0.1) is 0 Å². The number of hydrogen-bond donors (Lipinski definition) is 6. The highest BCUT2D eigenvalue weighted by molar-refractivity contribution is 6.42. The fourth-order valence-corrected chi connectivity index (χ4v) is 1.68. The van der Waals surface area contributed by atoms with Gasteiger partial charge in [0, 0.05) is 0 Å². The maximum atomic E-state index is 9.57. The molecule has 1 aromatic carbocycles. The second kappa shape index (κ2) is 8.50. The Morgan fingerprint density at radius 3 is 2.33 bits per heavy atom. The summed E-state index contributed by atoms with van der Waals surface area (Å²) >= 11 is 11.5. The molecule has 0 amide bonds. The van der Waals surface area contributed by atoms with E-state index in [9.17, 15) is 15.3 Å². The molecular weight excluding hydrogens is 323 g/mol. The average Bonchev–Trinajstić information content (AvgIpc) is 2.48. The quantitative estimate of drug-likeness (QED) is 0.303. The number of rotatable bonds is 7. The average molecular weight is 339 g/mol. The Bertz CT molecular complexity index is 489. The Kier molecular flexibility index (Phi) is 7.33. The van der Waals surface area contributed by atoms with E-state index >= 15 is 0 Å². The molecule has 7 nitrogen and oxygen atoms in total. The highest BCUT2D eigenvalue weighted by Gasteiger charge is 2.29. The number of nitrogens with zero attached hydrogens (tertiary/aromatic N) is 1. The second-order valence-electron chi connectivity index (χ2n) is 4.24. The molecule has 1 aromatic rings. The summed E-state index contributed by atoms with van der Waals surface area (Å²) in [6.07, 6.45) is -5.59. The number of aliphatic hydroxyl groups excluding tert-OH is 5. The van der Waals surface area contributed by atoms with Crippen molar-refractivity contribution >= 4 is 35.1 Å². The predicted molar refractivity (Wildman–Crippen MR) is 79.7 cm³/mol. The molecule has 0 saturated heterocycles. The van der Waals surface area contributed by atoms with Gasteiger partial charge in [0.25, 0.3) is 0 Å². The van der Waals surface area contributed by atoms with E-state index in [1.165, 1.54) is 6.07 Å². The van der Waals surface area contributed by atoms with Crippen LogP contribution in [0.2, 0.25) is 10.0 Å². The summed E-state index contributed by atoms with van der Waals surface area (Å²) < 4.78 is 0. The molecule has 0 fully saturated rings. The van der Waals surface area contributed by atoms with Crippen molar-refractivity contribution < 1.29 is 25.5 Å². The van der Waals surface area contributed by atoms with Crippen molar-refractivity contribution in [2.75, 3.05) is 12.0 Å². The Balaban J connectivity index is 2.57. The van der Waals surface area contributed by atoms with E-state index in [0.717, 1.165) is 6.21 Å². The maximum absolute atomic E-state index is 9.57. The van der Waals surface area contributed by atoms with E-state index < -0.39 is 31.0 Å². The first-order chi connectivity index (χ1) is 9.86. The van der Waals surface area contributed by atoms with Crippen LogP contribution >= 0.6 is 23.2 Å². The molecule has 0 aromatic heterocycles. The van der Waals surface area contributed by atoms with E-state index in [4.69, 9.17) is 33.4 Å². The lowest BCUT2D eigenvalue weighted by atomic mass is 10.0. The molecule has 118 valence electrons. The number of nitrogens with one attached hydrogen (secondary N) is 1. The van der Waals surface area contributed by atoms with Gasteiger partial charge in [-0.1, -0.05) is 23.2 Å². The molecule has 21 heavy (non-hydrogen) atoms. The van der Waals surface area contributed by atoms with Crippen molar-refractivity contribution in [2.24, 2.45) is 5.10 Å². The lowest BCUT2D eigenvalue weighted by Crippen LogP contribution is -2.46. The molecular formula is C12H16Cl2N2O5. The number of hydrogen-bond acceptors (Lipinski definition) is 7. The number of halogens is 2. The number of aliphatic hydroxyl groups is 5. The summed E-state index contributed by atoms with van der Waals surface area (Å²) in [4.78, 5) is 0. The Morgan fingerprint density at radius 1 is 1.10 bits per heavy atom. The molecule has 1 rings (SSSR count). The Hall–Kier alpha value is -0.930. The molecule has 0 saturated carbocycles. The smallest absolute Gasteiger partial charge is 0.119 e. The molecule has 0 aliphatic heterocycles. The molecule has 9 heteroatoms. The SMILES string of the molecule is OC[C@@H](O)[C@@H](O)[C@H](O)[C@H](O)/C=N/Nc1ccc(Cl)c(Cl)c1. The van der Waals surface area contributed by atoms with Gasteiger partial charge in [-0.05, 0) is 18.2 Å². The van der Waals surface area contributed by atoms with Crippen molar-refractivity contribution in [1.29, 1.82) is 0 Å². The molecule has 0 spiro atoms. The van der Waals surface area contributed by atoms with Crippen LogP contribution in [0.15, 0.2) is 23.3 Å². The van der Waals surface area contributed by atoms with Gasteiger partial charge in [-0.25, -0.2) is 0 Å². The maximum Gasteiger partial charge on any atom is 0.119 e. The summed E-state index contributed by atoms with van der Waals surface area (Å²) in [6, 6.07) is 4.65. The van der Waals surface area contributed by atoms with Crippen molar-refractivity contribution in [1.82, 2.24) is 0 Å². The second-order valence-corrected chi connectivity index (χ2v) is 5.05. The normalized spacial score (nSPS) is 17.5. The van der Waals surface area contributed by atoms with Crippen LogP contribution in [0.1, 0.15) is 0 Å². The lowest BCUT2D eigenvalue weighted by molar-refractivity contribution is -0.0999. The van der Waals surface area contributed by atoms with Gasteiger partial charge in [-0.2, -0.15) is 5.10 Å². The molecule has 4 atom stereocenters. The van der Waals surface area contributed by atoms with E-state index in [1.807, 2.05) is 0 Å². The molecule has 0 bridgehead atoms.